The summed E-state index contributed by atoms with van der Waals surface area (Å²) in [6.07, 6.45) is 1.54. The highest BCUT2D eigenvalue weighted by molar-refractivity contribution is 7.88. The summed E-state index contributed by atoms with van der Waals surface area (Å²) in [5.74, 6) is 0.584. The molecule has 2 aromatic rings. The minimum absolute atomic E-state index is 0.0295. The van der Waals surface area contributed by atoms with Crippen molar-refractivity contribution < 1.29 is 17.6 Å². The van der Waals surface area contributed by atoms with Gasteiger partial charge < -0.3 is 9.15 Å². The second-order valence-corrected chi connectivity index (χ2v) is 6.62. The Morgan fingerprint density at radius 3 is 2.52 bits per heavy atom. The van der Waals surface area contributed by atoms with Crippen LogP contribution in [0.5, 0.6) is 0 Å². The van der Waals surface area contributed by atoms with Crippen LogP contribution in [0.3, 0.4) is 0 Å². The van der Waals surface area contributed by atoms with Gasteiger partial charge in [0, 0.05) is 13.7 Å². The fourth-order valence-corrected chi connectivity index (χ4v) is 3.43. The minimum Gasteiger partial charge on any atom is -0.468 e. The van der Waals surface area contributed by atoms with E-state index in [-0.39, 0.29) is 12.3 Å². The molecule has 1 aromatic carbocycles. The Hall–Kier alpha value is -1.63. The van der Waals surface area contributed by atoms with Crippen molar-refractivity contribution in [3.8, 4) is 0 Å². The van der Waals surface area contributed by atoms with Gasteiger partial charge in [-0.3, -0.25) is 0 Å². The summed E-state index contributed by atoms with van der Waals surface area (Å²) in [6, 6.07) is 12.6. The Labute approximate surface area is 125 Å². The molecule has 0 aliphatic rings. The molecule has 0 radical (unpaired) electrons. The third-order valence-corrected chi connectivity index (χ3v) is 4.84. The Morgan fingerprint density at radius 2 is 1.90 bits per heavy atom. The molecule has 21 heavy (non-hydrogen) atoms. The number of hydrogen-bond donors (Lipinski definition) is 0. The molecule has 114 valence electrons. The van der Waals surface area contributed by atoms with Gasteiger partial charge >= 0.3 is 0 Å². The lowest BCUT2D eigenvalue weighted by Crippen LogP contribution is -2.34. The number of sulfonamides is 1. The second kappa shape index (κ2) is 7.40. The monoisotopic (exact) mass is 309 g/mol. The van der Waals surface area contributed by atoms with Gasteiger partial charge in [-0.2, -0.15) is 4.31 Å². The van der Waals surface area contributed by atoms with Crippen LogP contribution in [-0.4, -0.2) is 33.0 Å². The van der Waals surface area contributed by atoms with Crippen molar-refractivity contribution in [2.75, 3.05) is 20.3 Å². The lowest BCUT2D eigenvalue weighted by molar-refractivity contribution is 0.175. The third-order valence-electron chi connectivity index (χ3n) is 3.04. The molecular formula is C15H19NO4S. The average molecular weight is 309 g/mol. The molecule has 2 rings (SSSR count). The molecule has 0 bridgehead atoms. The lowest BCUT2D eigenvalue weighted by atomic mass is 10.2. The van der Waals surface area contributed by atoms with Crippen molar-refractivity contribution in [1.82, 2.24) is 4.31 Å². The maximum Gasteiger partial charge on any atom is 0.218 e. The predicted molar refractivity (Wildman–Crippen MR) is 80.1 cm³/mol. The maximum atomic E-state index is 12.6. The van der Waals surface area contributed by atoms with Gasteiger partial charge in [0.1, 0.15) is 5.76 Å². The number of benzene rings is 1. The summed E-state index contributed by atoms with van der Waals surface area (Å²) < 4.78 is 36.8. The van der Waals surface area contributed by atoms with Crippen molar-refractivity contribution in [3.05, 3.63) is 60.1 Å². The first-order valence-corrected chi connectivity index (χ1v) is 8.26. The predicted octanol–water partition coefficient (Wildman–Crippen LogP) is 2.26. The Morgan fingerprint density at radius 1 is 1.14 bits per heavy atom. The molecule has 6 heteroatoms. The highest BCUT2D eigenvalue weighted by atomic mass is 32.2. The van der Waals surface area contributed by atoms with E-state index < -0.39 is 10.0 Å². The smallest absolute Gasteiger partial charge is 0.218 e. The van der Waals surface area contributed by atoms with Crippen molar-refractivity contribution in [2.45, 2.75) is 12.3 Å². The number of methoxy groups -OCH3 is 1. The Kier molecular flexibility index (Phi) is 5.55. The quantitative estimate of drug-likeness (QED) is 0.750. The molecule has 0 unspecified atom stereocenters. The molecule has 0 spiro atoms. The normalized spacial score (nSPS) is 11.9. The van der Waals surface area contributed by atoms with Gasteiger partial charge in [-0.05, 0) is 17.7 Å². The van der Waals surface area contributed by atoms with E-state index in [1.807, 2.05) is 18.2 Å². The van der Waals surface area contributed by atoms with Gasteiger partial charge in [0.05, 0.1) is 25.2 Å². The molecular weight excluding hydrogens is 290 g/mol. The largest absolute Gasteiger partial charge is 0.468 e. The molecule has 0 saturated heterocycles. The zero-order valence-electron chi connectivity index (χ0n) is 11.9. The number of hydrogen-bond acceptors (Lipinski definition) is 4. The van der Waals surface area contributed by atoms with E-state index in [0.29, 0.717) is 18.9 Å². The highest BCUT2D eigenvalue weighted by Gasteiger charge is 2.23. The summed E-state index contributed by atoms with van der Waals surface area (Å²) >= 11 is 0. The SMILES string of the molecule is COCCN(Cc1ccco1)S(=O)(=O)Cc1ccccc1. The van der Waals surface area contributed by atoms with Crippen LogP contribution in [0, 0.1) is 0 Å². The standard InChI is InChI=1S/C15H19NO4S/c1-19-11-9-16(12-15-8-5-10-20-15)21(17,18)13-14-6-3-2-4-7-14/h2-8,10H,9,11-13H2,1H3. The first kappa shape index (κ1) is 15.8. The zero-order valence-corrected chi connectivity index (χ0v) is 12.8. The molecule has 0 aliphatic carbocycles. The molecule has 0 amide bonds. The zero-order chi connectivity index (χ0) is 15.1. The highest BCUT2D eigenvalue weighted by Crippen LogP contribution is 2.14. The fourth-order valence-electron chi connectivity index (χ4n) is 1.96. The van der Waals surface area contributed by atoms with Crippen LogP contribution in [0.2, 0.25) is 0 Å². The first-order chi connectivity index (χ1) is 10.1. The summed E-state index contributed by atoms with van der Waals surface area (Å²) in [5.41, 5.74) is 0.763. The van der Waals surface area contributed by atoms with Crippen LogP contribution in [0.4, 0.5) is 0 Å². The Bertz CT molecular complexity index is 623. The molecule has 1 heterocycles. The van der Waals surface area contributed by atoms with Gasteiger partial charge in [0.15, 0.2) is 0 Å². The minimum atomic E-state index is -3.43. The van der Waals surface area contributed by atoms with E-state index in [4.69, 9.17) is 9.15 Å². The molecule has 5 nitrogen and oxygen atoms in total. The fraction of sp³-hybridized carbons (Fsp3) is 0.333. The average Bonchev–Trinajstić information content (AvgIpc) is 2.97. The second-order valence-electron chi connectivity index (χ2n) is 4.65. The molecule has 0 saturated carbocycles. The third kappa shape index (κ3) is 4.70. The van der Waals surface area contributed by atoms with Crippen LogP contribution < -0.4 is 0 Å². The summed E-state index contributed by atoms with van der Waals surface area (Å²) in [5, 5.41) is 0. The lowest BCUT2D eigenvalue weighted by Gasteiger charge is -2.21. The topological polar surface area (TPSA) is 59.8 Å². The van der Waals surface area contributed by atoms with E-state index in [2.05, 4.69) is 0 Å². The molecule has 0 N–H and O–H groups in total. The molecule has 0 fully saturated rings. The molecule has 0 aliphatic heterocycles. The summed E-state index contributed by atoms with van der Waals surface area (Å²) in [7, 11) is -1.88. The van der Waals surface area contributed by atoms with Crippen molar-refractivity contribution in [2.24, 2.45) is 0 Å². The Balaban J connectivity index is 2.13. The molecule has 1 aromatic heterocycles. The summed E-state index contributed by atoms with van der Waals surface area (Å²) in [4.78, 5) is 0. The van der Waals surface area contributed by atoms with Gasteiger partial charge in [-0.25, -0.2) is 8.42 Å². The summed E-state index contributed by atoms with van der Waals surface area (Å²) in [6.45, 7) is 0.854. The van der Waals surface area contributed by atoms with Crippen LogP contribution in [-0.2, 0) is 27.1 Å². The number of furan rings is 1. The van der Waals surface area contributed by atoms with E-state index in [9.17, 15) is 8.42 Å². The first-order valence-electron chi connectivity index (χ1n) is 6.65. The van der Waals surface area contributed by atoms with E-state index >= 15 is 0 Å². The number of rotatable bonds is 8. The van der Waals surface area contributed by atoms with Crippen LogP contribution in [0.25, 0.3) is 0 Å². The van der Waals surface area contributed by atoms with Gasteiger partial charge in [0.2, 0.25) is 10.0 Å². The van der Waals surface area contributed by atoms with Crippen LogP contribution in [0.15, 0.2) is 53.1 Å². The van der Waals surface area contributed by atoms with Gasteiger partial charge in [-0.1, -0.05) is 30.3 Å². The van der Waals surface area contributed by atoms with Crippen LogP contribution >= 0.6 is 0 Å². The maximum absolute atomic E-state index is 12.6. The van der Waals surface area contributed by atoms with Crippen molar-refractivity contribution >= 4 is 10.0 Å². The molecule has 0 atom stereocenters. The number of ether oxygens (including phenoxy) is 1. The van der Waals surface area contributed by atoms with Gasteiger partial charge in [-0.15, -0.1) is 0 Å². The van der Waals surface area contributed by atoms with E-state index in [1.54, 1.807) is 31.4 Å². The van der Waals surface area contributed by atoms with E-state index in [1.165, 1.54) is 10.6 Å². The van der Waals surface area contributed by atoms with Gasteiger partial charge in [0.25, 0.3) is 0 Å². The van der Waals surface area contributed by atoms with Crippen molar-refractivity contribution in [3.63, 3.8) is 0 Å². The van der Waals surface area contributed by atoms with Crippen LogP contribution in [0.1, 0.15) is 11.3 Å². The van der Waals surface area contributed by atoms with Crippen molar-refractivity contribution in [1.29, 1.82) is 0 Å². The van der Waals surface area contributed by atoms with E-state index in [0.717, 1.165) is 5.56 Å². The number of nitrogens with zero attached hydrogens (tertiary/aromatic N) is 1.